The molecule has 5 nitrogen and oxygen atoms in total. The monoisotopic (exact) mass is 397 g/mol. The van der Waals surface area contributed by atoms with E-state index in [9.17, 15) is 0 Å². The van der Waals surface area contributed by atoms with Gasteiger partial charge in [-0.15, -0.1) is 0 Å². The van der Waals surface area contributed by atoms with E-state index in [0.29, 0.717) is 5.82 Å². The highest BCUT2D eigenvalue weighted by Gasteiger charge is 2.21. The number of nitrogens with zero attached hydrogens (tertiary/aromatic N) is 3. The molecule has 0 bridgehead atoms. The minimum atomic E-state index is 0.674. The predicted molar refractivity (Wildman–Crippen MR) is 112 cm³/mol. The maximum absolute atomic E-state index is 6.18. The molecule has 0 spiro atoms. The van der Waals surface area contributed by atoms with Crippen LogP contribution in [-0.4, -0.2) is 42.9 Å². The number of nitrogens with one attached hydrogen (secondary N) is 1. The lowest BCUT2D eigenvalue weighted by Crippen LogP contribution is -3.14. The molecule has 4 rings (SSSR count). The number of anilines is 1. The van der Waals surface area contributed by atoms with Crippen molar-refractivity contribution in [3.63, 3.8) is 0 Å². The van der Waals surface area contributed by atoms with Crippen LogP contribution >= 0.6 is 11.6 Å². The largest absolute Gasteiger partial charge is 0.360 e. The van der Waals surface area contributed by atoms with Gasteiger partial charge in [0.15, 0.2) is 0 Å². The summed E-state index contributed by atoms with van der Waals surface area (Å²) >= 11 is 6.18. The van der Waals surface area contributed by atoms with E-state index < -0.39 is 0 Å². The van der Waals surface area contributed by atoms with E-state index in [4.69, 9.17) is 16.1 Å². The molecule has 1 fully saturated rings. The van der Waals surface area contributed by atoms with Crippen molar-refractivity contribution in [1.82, 2.24) is 10.1 Å². The van der Waals surface area contributed by atoms with Crippen LogP contribution in [0.1, 0.15) is 17.9 Å². The zero-order valence-corrected chi connectivity index (χ0v) is 17.0. The third-order valence-corrected chi connectivity index (χ3v) is 5.64. The molecule has 1 aliphatic heterocycles. The summed E-state index contributed by atoms with van der Waals surface area (Å²) in [6, 6.07) is 16.1. The molecule has 0 aliphatic carbocycles. The third kappa shape index (κ3) is 4.54. The van der Waals surface area contributed by atoms with E-state index in [1.54, 1.807) is 4.90 Å². The quantitative estimate of drug-likeness (QED) is 0.694. The van der Waals surface area contributed by atoms with Crippen LogP contribution in [0.25, 0.3) is 11.4 Å². The van der Waals surface area contributed by atoms with E-state index in [-0.39, 0.29) is 0 Å². The molecule has 1 N–H and O–H groups in total. The van der Waals surface area contributed by atoms with Gasteiger partial charge >= 0.3 is 0 Å². The minimum absolute atomic E-state index is 0.674. The Hall–Kier alpha value is -2.37. The van der Waals surface area contributed by atoms with Crippen molar-refractivity contribution in [2.45, 2.75) is 19.8 Å². The average molecular weight is 398 g/mol. The van der Waals surface area contributed by atoms with E-state index in [0.717, 1.165) is 62.0 Å². The molecular formula is C22H26ClN4O+. The molecule has 0 atom stereocenters. The molecule has 6 heteroatoms. The number of hydrogen-bond acceptors (Lipinski definition) is 4. The fraction of sp³-hybridized carbons (Fsp3) is 0.364. The van der Waals surface area contributed by atoms with Gasteiger partial charge in [0.25, 0.3) is 0 Å². The van der Waals surface area contributed by atoms with Gasteiger partial charge in [0.2, 0.25) is 11.7 Å². The Morgan fingerprint density at radius 3 is 2.68 bits per heavy atom. The van der Waals surface area contributed by atoms with Crippen molar-refractivity contribution in [3.8, 4) is 11.4 Å². The molecule has 0 saturated carbocycles. The molecular weight excluding hydrogens is 372 g/mol. The van der Waals surface area contributed by atoms with Crippen LogP contribution in [0.4, 0.5) is 5.69 Å². The van der Waals surface area contributed by atoms with E-state index in [1.165, 1.54) is 11.3 Å². The van der Waals surface area contributed by atoms with Crippen molar-refractivity contribution in [3.05, 3.63) is 65.0 Å². The number of benzene rings is 2. The summed E-state index contributed by atoms with van der Waals surface area (Å²) in [6.45, 7) is 7.70. The van der Waals surface area contributed by atoms with Gasteiger partial charge in [0.1, 0.15) is 0 Å². The second-order valence-corrected chi connectivity index (χ2v) is 7.84. The first-order valence-electron chi connectivity index (χ1n) is 9.92. The lowest BCUT2D eigenvalue weighted by Gasteiger charge is -2.34. The minimum Gasteiger partial charge on any atom is -0.360 e. The standard InChI is InChI=1S/C22H25ClN4O/c1-17-9-10-19(23)16-20(17)27-14-12-26(13-15-27)11-5-8-21-24-22(25-28-21)18-6-3-2-4-7-18/h2-4,6-7,9-10,16H,5,8,11-15H2,1H3/p+1. The summed E-state index contributed by atoms with van der Waals surface area (Å²) in [5, 5.41) is 4.91. The van der Waals surface area contributed by atoms with Crippen molar-refractivity contribution in [1.29, 1.82) is 0 Å². The van der Waals surface area contributed by atoms with Gasteiger partial charge in [-0.3, -0.25) is 0 Å². The summed E-state index contributed by atoms with van der Waals surface area (Å²) in [6.07, 6.45) is 1.89. The van der Waals surface area contributed by atoms with Crippen molar-refractivity contribution in [2.24, 2.45) is 0 Å². The molecule has 1 aliphatic rings. The number of rotatable bonds is 6. The van der Waals surface area contributed by atoms with Gasteiger partial charge in [0.05, 0.1) is 32.7 Å². The molecule has 1 saturated heterocycles. The maximum atomic E-state index is 6.18. The molecule has 0 amide bonds. The second kappa shape index (κ2) is 8.76. The topological polar surface area (TPSA) is 46.6 Å². The van der Waals surface area contributed by atoms with E-state index >= 15 is 0 Å². The third-order valence-electron chi connectivity index (χ3n) is 5.40. The first-order chi connectivity index (χ1) is 13.7. The Labute approximate surface area is 170 Å². The normalized spacial score (nSPS) is 15.1. The summed E-state index contributed by atoms with van der Waals surface area (Å²) in [5.41, 5.74) is 3.56. The molecule has 1 aromatic heterocycles. The smallest absolute Gasteiger partial charge is 0.227 e. The number of hydrogen-bond donors (Lipinski definition) is 1. The van der Waals surface area contributed by atoms with Crippen LogP contribution in [0.5, 0.6) is 0 Å². The lowest BCUT2D eigenvalue weighted by molar-refractivity contribution is -0.900. The van der Waals surface area contributed by atoms with Crippen LogP contribution in [-0.2, 0) is 6.42 Å². The Kier molecular flexibility index (Phi) is 5.93. The first kappa shape index (κ1) is 19.0. The summed E-state index contributed by atoms with van der Waals surface area (Å²) < 4.78 is 5.42. The number of piperazine rings is 1. The van der Waals surface area contributed by atoms with Gasteiger partial charge in [0, 0.05) is 29.1 Å². The van der Waals surface area contributed by atoms with Crippen molar-refractivity contribution < 1.29 is 9.42 Å². The molecule has 28 heavy (non-hydrogen) atoms. The van der Waals surface area contributed by atoms with Crippen LogP contribution in [0, 0.1) is 6.92 Å². The molecule has 0 unspecified atom stereocenters. The fourth-order valence-electron chi connectivity index (χ4n) is 3.79. The van der Waals surface area contributed by atoms with Gasteiger partial charge < -0.3 is 14.3 Å². The summed E-state index contributed by atoms with van der Waals surface area (Å²) in [5.74, 6) is 1.40. The Balaban J connectivity index is 1.24. The highest BCUT2D eigenvalue weighted by Crippen LogP contribution is 2.24. The van der Waals surface area contributed by atoms with E-state index in [2.05, 4.69) is 34.1 Å². The van der Waals surface area contributed by atoms with E-state index in [1.807, 2.05) is 36.4 Å². The van der Waals surface area contributed by atoms with Crippen LogP contribution in [0.15, 0.2) is 53.1 Å². The Bertz CT molecular complexity index is 904. The number of aryl methyl sites for hydroxylation is 2. The van der Waals surface area contributed by atoms with Gasteiger partial charge in [-0.25, -0.2) is 0 Å². The van der Waals surface area contributed by atoms with Gasteiger partial charge in [-0.2, -0.15) is 4.98 Å². The number of quaternary nitrogens is 1. The second-order valence-electron chi connectivity index (χ2n) is 7.40. The first-order valence-corrected chi connectivity index (χ1v) is 10.3. The lowest BCUT2D eigenvalue weighted by atomic mass is 10.1. The number of halogens is 1. The highest BCUT2D eigenvalue weighted by atomic mass is 35.5. The predicted octanol–water partition coefficient (Wildman–Crippen LogP) is 3.04. The molecule has 2 heterocycles. The Morgan fingerprint density at radius 2 is 1.89 bits per heavy atom. The molecule has 146 valence electrons. The van der Waals surface area contributed by atoms with Crippen LogP contribution in [0.3, 0.4) is 0 Å². The SMILES string of the molecule is Cc1ccc(Cl)cc1N1CC[NH+](CCCc2nc(-c3ccccc3)no2)CC1. The fourth-order valence-corrected chi connectivity index (χ4v) is 3.95. The van der Waals surface area contributed by atoms with Crippen molar-refractivity contribution >= 4 is 17.3 Å². The highest BCUT2D eigenvalue weighted by molar-refractivity contribution is 6.30. The van der Waals surface area contributed by atoms with Crippen LogP contribution in [0.2, 0.25) is 5.02 Å². The van der Waals surface area contributed by atoms with Crippen LogP contribution < -0.4 is 9.80 Å². The molecule has 0 radical (unpaired) electrons. The zero-order chi connectivity index (χ0) is 19.3. The Morgan fingerprint density at radius 1 is 1.11 bits per heavy atom. The number of aromatic nitrogens is 2. The summed E-state index contributed by atoms with van der Waals surface area (Å²) in [7, 11) is 0. The average Bonchev–Trinajstić information content (AvgIpc) is 3.20. The summed E-state index contributed by atoms with van der Waals surface area (Å²) in [4.78, 5) is 8.62. The van der Waals surface area contributed by atoms with Crippen molar-refractivity contribution in [2.75, 3.05) is 37.6 Å². The molecule has 3 aromatic rings. The maximum Gasteiger partial charge on any atom is 0.227 e. The zero-order valence-electron chi connectivity index (χ0n) is 16.2. The molecule has 2 aromatic carbocycles. The van der Waals surface area contributed by atoms with Gasteiger partial charge in [-0.1, -0.05) is 53.2 Å². The van der Waals surface area contributed by atoms with Gasteiger partial charge in [-0.05, 0) is 24.6 Å².